The van der Waals surface area contributed by atoms with Crippen molar-refractivity contribution < 1.29 is 14.4 Å². The molecule has 1 saturated heterocycles. The second-order valence-corrected chi connectivity index (χ2v) is 9.42. The predicted octanol–water partition coefficient (Wildman–Crippen LogP) is 4.85. The van der Waals surface area contributed by atoms with Crippen LogP contribution in [0.1, 0.15) is 48.8 Å². The van der Waals surface area contributed by atoms with E-state index in [1.807, 2.05) is 66.4 Å². The number of pyridine rings is 1. The molecular weight excluding hydrogens is 478 g/mol. The summed E-state index contributed by atoms with van der Waals surface area (Å²) in [6, 6.07) is 18.5. The highest BCUT2D eigenvalue weighted by molar-refractivity contribution is 6.24. The lowest BCUT2D eigenvalue weighted by atomic mass is 9.99. The number of aromatic nitrogens is 2. The number of hydrogen-bond donors (Lipinski definition) is 3. The fourth-order valence-electron chi connectivity index (χ4n) is 4.78. The number of carbonyl (C=O) groups is 3. The van der Waals surface area contributed by atoms with Gasteiger partial charge in [-0.15, -0.1) is 0 Å². The molecule has 5 rings (SSSR count). The van der Waals surface area contributed by atoms with Crippen LogP contribution in [0.5, 0.6) is 0 Å². The molecule has 1 fully saturated rings. The van der Waals surface area contributed by atoms with Crippen molar-refractivity contribution in [2.24, 2.45) is 5.73 Å². The molecule has 3 heterocycles. The zero-order valence-corrected chi connectivity index (χ0v) is 21.1. The number of piperidine rings is 1. The molecule has 2 aromatic heterocycles. The Morgan fingerprint density at radius 3 is 2.55 bits per heavy atom. The monoisotopic (exact) mass is 507 g/mol. The van der Waals surface area contributed by atoms with Crippen LogP contribution in [0.4, 0.5) is 11.4 Å². The van der Waals surface area contributed by atoms with Gasteiger partial charge in [0.2, 0.25) is 17.7 Å². The Hall–Kier alpha value is -4.72. The molecule has 0 spiro atoms. The van der Waals surface area contributed by atoms with Crippen LogP contribution in [0.25, 0.3) is 22.7 Å². The maximum Gasteiger partial charge on any atom is 0.249 e. The number of carbonyl (C=O) groups excluding carboxylic acids is 3. The van der Waals surface area contributed by atoms with Crippen molar-refractivity contribution in [2.45, 2.75) is 32.1 Å². The van der Waals surface area contributed by atoms with Crippen molar-refractivity contribution in [1.82, 2.24) is 9.97 Å². The van der Waals surface area contributed by atoms with Gasteiger partial charge in [-0.2, -0.15) is 0 Å². The molecule has 0 saturated carbocycles. The number of nitrogens with zero attached hydrogens (tertiary/aromatic N) is 2. The van der Waals surface area contributed by atoms with Gasteiger partial charge in [-0.1, -0.05) is 42.5 Å². The van der Waals surface area contributed by atoms with Gasteiger partial charge in [0, 0.05) is 47.6 Å². The number of H-pyrrole nitrogens is 1. The van der Waals surface area contributed by atoms with Gasteiger partial charge in [0.25, 0.3) is 0 Å². The van der Waals surface area contributed by atoms with Gasteiger partial charge in [0.05, 0.1) is 11.6 Å². The number of nitrogens with one attached hydrogen (secondary N) is 2. The van der Waals surface area contributed by atoms with Crippen LogP contribution in [0, 0.1) is 0 Å². The van der Waals surface area contributed by atoms with Crippen LogP contribution >= 0.6 is 0 Å². The number of anilines is 2. The quantitative estimate of drug-likeness (QED) is 0.310. The van der Waals surface area contributed by atoms with Crippen molar-refractivity contribution >= 4 is 51.8 Å². The molecule has 4 aromatic rings. The summed E-state index contributed by atoms with van der Waals surface area (Å²) in [5, 5.41) is 3.71. The minimum atomic E-state index is -0.552. The Morgan fingerprint density at radius 2 is 1.84 bits per heavy atom. The molecule has 1 unspecified atom stereocenters. The number of rotatable bonds is 7. The van der Waals surface area contributed by atoms with Crippen LogP contribution in [-0.2, 0) is 14.4 Å². The molecule has 0 aliphatic carbocycles. The molecule has 0 radical (unpaired) electrons. The molecule has 8 nitrogen and oxygen atoms in total. The number of aromatic amines is 1. The molecule has 1 aliphatic heterocycles. The molecule has 4 N–H and O–H groups in total. The van der Waals surface area contributed by atoms with E-state index in [1.54, 1.807) is 24.5 Å². The maximum atomic E-state index is 13.3. The van der Waals surface area contributed by atoms with E-state index in [1.165, 1.54) is 0 Å². The third-order valence-corrected chi connectivity index (χ3v) is 6.93. The summed E-state index contributed by atoms with van der Waals surface area (Å²) in [5.74, 6) is -1.04. The molecule has 2 aromatic carbocycles. The maximum absolute atomic E-state index is 13.3. The number of hydrogen-bond acceptors (Lipinski definition) is 4. The van der Waals surface area contributed by atoms with E-state index in [2.05, 4.69) is 15.3 Å². The van der Waals surface area contributed by atoms with Crippen LogP contribution in [-0.4, -0.2) is 34.2 Å². The van der Waals surface area contributed by atoms with E-state index >= 15 is 0 Å². The summed E-state index contributed by atoms with van der Waals surface area (Å²) in [6.07, 6.45) is 7.56. The lowest BCUT2D eigenvalue weighted by Crippen LogP contribution is -2.35. The first-order valence-corrected chi connectivity index (χ1v) is 12.7. The van der Waals surface area contributed by atoms with Gasteiger partial charge in [-0.05, 0) is 55.2 Å². The van der Waals surface area contributed by atoms with Gasteiger partial charge in [0.15, 0.2) is 0 Å². The minimum absolute atomic E-state index is 0.139. The fraction of sp³-hybridized carbons (Fsp3) is 0.200. The SMILES string of the molecule is CC(C(=O)Nc1ccnc2[nH]cc(C=C(C(N)=O)c3ccccc3)c12)c1ccc(N2CCCCC2=O)cc1. The van der Waals surface area contributed by atoms with Crippen LogP contribution in [0.15, 0.2) is 73.1 Å². The second-order valence-electron chi connectivity index (χ2n) is 9.42. The Labute approximate surface area is 220 Å². The lowest BCUT2D eigenvalue weighted by molar-refractivity contribution is -0.119. The Bertz CT molecular complexity index is 1520. The first kappa shape index (κ1) is 25.0. The van der Waals surface area contributed by atoms with Crippen LogP contribution < -0.4 is 16.0 Å². The number of benzene rings is 2. The smallest absolute Gasteiger partial charge is 0.249 e. The number of nitrogens with two attached hydrogens (primary N) is 1. The number of fused-ring (bicyclic) bond motifs is 1. The van der Waals surface area contributed by atoms with Crippen molar-refractivity contribution in [3.63, 3.8) is 0 Å². The molecule has 1 atom stereocenters. The van der Waals surface area contributed by atoms with Gasteiger partial charge in [-0.25, -0.2) is 4.98 Å². The van der Waals surface area contributed by atoms with Crippen LogP contribution in [0.2, 0.25) is 0 Å². The van der Waals surface area contributed by atoms with Crippen molar-refractivity contribution in [3.05, 3.63) is 89.7 Å². The average Bonchev–Trinajstić information content (AvgIpc) is 3.36. The van der Waals surface area contributed by atoms with E-state index < -0.39 is 11.8 Å². The van der Waals surface area contributed by atoms with Crippen molar-refractivity contribution in [3.8, 4) is 0 Å². The van der Waals surface area contributed by atoms with Gasteiger partial charge in [-0.3, -0.25) is 14.4 Å². The van der Waals surface area contributed by atoms with Crippen molar-refractivity contribution in [1.29, 1.82) is 0 Å². The Balaban J connectivity index is 1.40. The van der Waals surface area contributed by atoms with Gasteiger partial charge in [0.1, 0.15) is 5.65 Å². The topological polar surface area (TPSA) is 121 Å². The average molecular weight is 508 g/mol. The van der Waals surface area contributed by atoms with Gasteiger partial charge < -0.3 is 20.9 Å². The fourth-order valence-corrected chi connectivity index (χ4v) is 4.78. The Kier molecular flexibility index (Phi) is 7.04. The highest BCUT2D eigenvalue weighted by Crippen LogP contribution is 2.30. The highest BCUT2D eigenvalue weighted by Gasteiger charge is 2.22. The van der Waals surface area contributed by atoms with E-state index in [9.17, 15) is 14.4 Å². The predicted molar refractivity (Wildman–Crippen MR) is 149 cm³/mol. The van der Waals surface area contributed by atoms with E-state index in [0.717, 1.165) is 30.6 Å². The lowest BCUT2D eigenvalue weighted by Gasteiger charge is -2.27. The molecule has 1 aliphatic rings. The molecule has 0 bridgehead atoms. The van der Waals surface area contributed by atoms with Gasteiger partial charge >= 0.3 is 0 Å². The summed E-state index contributed by atoms with van der Waals surface area (Å²) >= 11 is 0. The summed E-state index contributed by atoms with van der Waals surface area (Å²) in [5.41, 5.74) is 10.3. The second kappa shape index (κ2) is 10.7. The molecule has 8 heteroatoms. The highest BCUT2D eigenvalue weighted by atomic mass is 16.2. The van der Waals surface area contributed by atoms with E-state index in [4.69, 9.17) is 5.73 Å². The normalized spacial score (nSPS) is 14.9. The molecule has 38 heavy (non-hydrogen) atoms. The summed E-state index contributed by atoms with van der Waals surface area (Å²) in [7, 11) is 0. The van der Waals surface area contributed by atoms with E-state index in [0.29, 0.717) is 39.8 Å². The first-order valence-electron chi connectivity index (χ1n) is 12.7. The standard InChI is InChI=1S/C30H29N5O3/c1-19(20-10-12-23(13-11-20)35-16-6-5-9-26(35)36)30(38)34-25-14-15-32-29-27(25)22(18-33-29)17-24(28(31)37)21-7-3-2-4-8-21/h2-4,7-8,10-15,17-19H,5-6,9,16H2,1H3,(H2,31,37)(H2,32,33,34,38). The van der Waals surface area contributed by atoms with E-state index in [-0.39, 0.29) is 11.8 Å². The molecular formula is C30H29N5O3. The third-order valence-electron chi connectivity index (χ3n) is 6.93. The first-order chi connectivity index (χ1) is 18.4. The number of amides is 3. The number of primary amides is 1. The minimum Gasteiger partial charge on any atom is -0.366 e. The summed E-state index contributed by atoms with van der Waals surface area (Å²) < 4.78 is 0. The molecule has 192 valence electrons. The van der Waals surface area contributed by atoms with Crippen LogP contribution in [0.3, 0.4) is 0 Å². The zero-order chi connectivity index (χ0) is 26.6. The molecule has 3 amide bonds. The van der Waals surface area contributed by atoms with Crippen molar-refractivity contribution in [2.75, 3.05) is 16.8 Å². The summed E-state index contributed by atoms with van der Waals surface area (Å²) in [6.45, 7) is 2.56. The third kappa shape index (κ3) is 5.06. The summed E-state index contributed by atoms with van der Waals surface area (Å²) in [4.78, 5) is 47.1. The largest absolute Gasteiger partial charge is 0.366 e. The zero-order valence-electron chi connectivity index (χ0n) is 21.1. The Morgan fingerprint density at radius 1 is 1.08 bits per heavy atom.